The van der Waals surface area contributed by atoms with Crippen LogP contribution in [0.5, 0.6) is 0 Å². The van der Waals surface area contributed by atoms with Crippen molar-refractivity contribution in [3.8, 4) is 0 Å². The maximum absolute atomic E-state index is 12.5. The summed E-state index contributed by atoms with van der Waals surface area (Å²) >= 11 is 0. The van der Waals surface area contributed by atoms with Crippen LogP contribution in [0.25, 0.3) is 11.2 Å². The van der Waals surface area contributed by atoms with Gasteiger partial charge in [-0.05, 0) is 6.92 Å². The molecule has 2 rings (SSSR count). The van der Waals surface area contributed by atoms with Crippen LogP contribution in [-0.4, -0.2) is 44.5 Å². The lowest BCUT2D eigenvalue weighted by atomic mass is 10.3. The lowest BCUT2D eigenvalue weighted by molar-refractivity contribution is -0.123. The molecule has 0 N–H and O–H groups in total. The summed E-state index contributed by atoms with van der Waals surface area (Å²) in [4.78, 5) is 51.4. The number of hydrogen-bond acceptors (Lipinski definition) is 6. The average Bonchev–Trinajstić information content (AvgIpc) is 2.94. The summed E-state index contributed by atoms with van der Waals surface area (Å²) in [6.07, 6.45) is 1.98. The third-order valence-corrected chi connectivity index (χ3v) is 3.33. The summed E-state index contributed by atoms with van der Waals surface area (Å²) in [6.45, 7) is 1.01. The van der Waals surface area contributed by atoms with E-state index >= 15 is 0 Å². The fourth-order valence-corrected chi connectivity index (χ4v) is 2.19. The van der Waals surface area contributed by atoms with Crippen LogP contribution in [0.4, 0.5) is 0 Å². The monoisotopic (exact) mass is 308 g/mol. The van der Waals surface area contributed by atoms with Gasteiger partial charge in [-0.25, -0.2) is 9.78 Å². The summed E-state index contributed by atoms with van der Waals surface area (Å²) < 4.78 is 8.07. The standard InChI is InChI=1S/C13H16N4O5/c1-8(5-18)17-7-14-11-10(17)12(20)16(13(21)15(11)2)4-9(19)6-22-3/h5,7-8H,4,6H2,1-3H3/t8-/m0/s1. The van der Waals surface area contributed by atoms with Crippen molar-refractivity contribution < 1.29 is 14.3 Å². The molecule has 0 radical (unpaired) electrons. The minimum Gasteiger partial charge on any atom is -0.377 e. The van der Waals surface area contributed by atoms with E-state index in [1.807, 2.05) is 0 Å². The Bertz CT molecular complexity index is 844. The van der Waals surface area contributed by atoms with Gasteiger partial charge in [-0.1, -0.05) is 0 Å². The number of aldehydes is 1. The number of Topliss-reactive ketones (excluding diaryl/α,β-unsaturated/α-hetero) is 1. The van der Waals surface area contributed by atoms with Gasteiger partial charge in [0.2, 0.25) is 0 Å². The molecule has 2 aromatic rings. The molecule has 0 spiro atoms. The highest BCUT2D eigenvalue weighted by atomic mass is 16.5. The molecule has 0 bridgehead atoms. The maximum Gasteiger partial charge on any atom is 0.332 e. The number of aryl methyl sites for hydroxylation is 1. The number of aromatic nitrogens is 4. The van der Waals surface area contributed by atoms with Crippen LogP contribution in [-0.2, 0) is 27.9 Å². The smallest absolute Gasteiger partial charge is 0.332 e. The first kappa shape index (κ1) is 15.8. The average molecular weight is 308 g/mol. The van der Waals surface area contributed by atoms with E-state index in [2.05, 4.69) is 4.98 Å². The van der Waals surface area contributed by atoms with E-state index in [9.17, 15) is 19.2 Å². The van der Waals surface area contributed by atoms with E-state index in [1.54, 1.807) is 6.92 Å². The zero-order valence-electron chi connectivity index (χ0n) is 12.5. The molecule has 1 atom stereocenters. The van der Waals surface area contributed by atoms with Crippen molar-refractivity contribution >= 4 is 23.2 Å². The zero-order valence-corrected chi connectivity index (χ0v) is 12.5. The van der Waals surface area contributed by atoms with Crippen LogP contribution in [0.1, 0.15) is 13.0 Å². The Balaban J connectivity index is 2.73. The normalized spacial score (nSPS) is 12.5. The van der Waals surface area contributed by atoms with Gasteiger partial charge >= 0.3 is 5.69 Å². The zero-order chi connectivity index (χ0) is 16.4. The van der Waals surface area contributed by atoms with Gasteiger partial charge in [-0.15, -0.1) is 0 Å². The highest BCUT2D eigenvalue weighted by Crippen LogP contribution is 2.11. The first-order chi connectivity index (χ1) is 10.4. The molecule has 0 unspecified atom stereocenters. The number of imidazole rings is 1. The highest BCUT2D eigenvalue weighted by molar-refractivity contribution is 5.80. The lowest BCUT2D eigenvalue weighted by Gasteiger charge is -2.10. The molecule has 2 heterocycles. The largest absolute Gasteiger partial charge is 0.377 e. The summed E-state index contributed by atoms with van der Waals surface area (Å²) in [6, 6.07) is -0.613. The Hall–Kier alpha value is -2.55. The molecule has 22 heavy (non-hydrogen) atoms. The lowest BCUT2D eigenvalue weighted by Crippen LogP contribution is -2.42. The predicted octanol–water partition coefficient (Wildman–Crippen LogP) is -1.13. The van der Waals surface area contributed by atoms with Gasteiger partial charge in [0.25, 0.3) is 5.56 Å². The second-order valence-electron chi connectivity index (χ2n) is 4.91. The first-order valence-electron chi connectivity index (χ1n) is 6.54. The molecule has 0 aliphatic heterocycles. The van der Waals surface area contributed by atoms with Crippen LogP contribution in [0.15, 0.2) is 15.9 Å². The van der Waals surface area contributed by atoms with E-state index in [0.717, 1.165) is 4.57 Å². The maximum atomic E-state index is 12.5. The van der Waals surface area contributed by atoms with Crippen LogP contribution in [0.3, 0.4) is 0 Å². The third kappa shape index (κ3) is 2.50. The SMILES string of the molecule is COCC(=O)Cn1c(=O)c2c(ncn2[C@@H](C)C=O)n(C)c1=O. The molecule has 0 aliphatic rings. The van der Waals surface area contributed by atoms with Gasteiger partial charge in [-0.3, -0.25) is 18.7 Å². The Morgan fingerprint density at radius 2 is 2.14 bits per heavy atom. The van der Waals surface area contributed by atoms with Gasteiger partial charge < -0.3 is 14.1 Å². The molecule has 0 saturated heterocycles. The molecule has 118 valence electrons. The topological polar surface area (TPSA) is 105 Å². The van der Waals surface area contributed by atoms with Crippen LogP contribution in [0, 0.1) is 0 Å². The summed E-state index contributed by atoms with van der Waals surface area (Å²) in [7, 11) is 2.80. The summed E-state index contributed by atoms with van der Waals surface area (Å²) in [5.74, 6) is -0.407. The van der Waals surface area contributed by atoms with Crippen LogP contribution < -0.4 is 11.2 Å². The molecule has 0 aromatic carbocycles. The molecule has 0 aliphatic carbocycles. The fraction of sp³-hybridized carbons (Fsp3) is 0.462. The van der Waals surface area contributed by atoms with E-state index < -0.39 is 29.6 Å². The number of carbonyl (C=O) groups excluding carboxylic acids is 2. The third-order valence-electron chi connectivity index (χ3n) is 3.33. The number of methoxy groups -OCH3 is 1. The van der Waals surface area contributed by atoms with Crippen molar-refractivity contribution in [2.24, 2.45) is 7.05 Å². The molecule has 2 aromatic heterocycles. The Morgan fingerprint density at radius 1 is 1.45 bits per heavy atom. The quantitative estimate of drug-likeness (QED) is 0.625. The van der Waals surface area contributed by atoms with E-state index in [-0.39, 0.29) is 17.8 Å². The molecule has 9 nitrogen and oxygen atoms in total. The van der Waals surface area contributed by atoms with Gasteiger partial charge in [0, 0.05) is 14.2 Å². The molecule has 0 amide bonds. The van der Waals surface area contributed by atoms with Crippen molar-refractivity contribution in [2.75, 3.05) is 13.7 Å². The van der Waals surface area contributed by atoms with E-state index in [4.69, 9.17) is 4.74 Å². The predicted molar refractivity (Wildman–Crippen MR) is 76.9 cm³/mol. The van der Waals surface area contributed by atoms with Gasteiger partial charge in [-0.2, -0.15) is 0 Å². The minimum atomic E-state index is -0.659. The molecular formula is C13H16N4O5. The van der Waals surface area contributed by atoms with E-state index in [1.165, 1.54) is 29.6 Å². The number of ketones is 1. The summed E-state index contributed by atoms with van der Waals surface area (Å²) in [5, 5.41) is 0. The Kier molecular flexibility index (Phi) is 4.36. The minimum absolute atomic E-state index is 0.104. The van der Waals surface area contributed by atoms with Gasteiger partial charge in [0.15, 0.2) is 16.9 Å². The number of ether oxygens (including phenoxy) is 1. The van der Waals surface area contributed by atoms with Gasteiger partial charge in [0.05, 0.1) is 18.9 Å². The second kappa shape index (κ2) is 6.06. The van der Waals surface area contributed by atoms with Crippen molar-refractivity contribution in [3.05, 3.63) is 27.2 Å². The van der Waals surface area contributed by atoms with Gasteiger partial charge in [0.1, 0.15) is 12.9 Å². The number of fused-ring (bicyclic) bond motifs is 1. The molecular weight excluding hydrogens is 292 g/mol. The van der Waals surface area contributed by atoms with Crippen LogP contribution in [0.2, 0.25) is 0 Å². The van der Waals surface area contributed by atoms with E-state index in [0.29, 0.717) is 6.29 Å². The van der Waals surface area contributed by atoms with Crippen molar-refractivity contribution in [1.82, 2.24) is 18.7 Å². The highest BCUT2D eigenvalue weighted by Gasteiger charge is 2.19. The van der Waals surface area contributed by atoms with Crippen molar-refractivity contribution in [1.29, 1.82) is 0 Å². The van der Waals surface area contributed by atoms with Crippen molar-refractivity contribution in [2.45, 2.75) is 19.5 Å². The number of nitrogens with zero attached hydrogens (tertiary/aromatic N) is 4. The van der Waals surface area contributed by atoms with Crippen molar-refractivity contribution in [3.63, 3.8) is 0 Å². The number of rotatable bonds is 6. The number of hydrogen-bond donors (Lipinski definition) is 0. The Morgan fingerprint density at radius 3 is 2.73 bits per heavy atom. The molecule has 0 saturated carbocycles. The molecule has 0 fully saturated rings. The number of carbonyl (C=O) groups is 2. The second-order valence-corrected chi connectivity index (χ2v) is 4.91. The Labute approximate surface area is 124 Å². The van der Waals surface area contributed by atoms with Crippen LogP contribution >= 0.6 is 0 Å². The fourth-order valence-electron chi connectivity index (χ4n) is 2.19. The first-order valence-corrected chi connectivity index (χ1v) is 6.54. The molecule has 9 heteroatoms. The summed E-state index contributed by atoms with van der Waals surface area (Å²) in [5.41, 5.74) is -1.04.